The number of allylic oxidation sites excluding steroid dienone is 6. The Morgan fingerprint density at radius 3 is 2.20 bits per heavy atom. The number of hydrogen-bond donors (Lipinski definition) is 3. The minimum Gasteiger partial charge on any atom is -0.344 e. The third-order valence-corrected chi connectivity index (χ3v) is 13.6. The monoisotopic (exact) mass is 955 g/mol. The molecular weight excluding hydrogens is 909 g/mol. The number of pyridine rings is 1. The number of imide groups is 1. The van der Waals surface area contributed by atoms with Crippen molar-refractivity contribution < 1.29 is 62.7 Å². The van der Waals surface area contributed by atoms with E-state index in [2.05, 4.69) is 15.9 Å². The lowest BCUT2D eigenvalue weighted by Crippen LogP contribution is -2.36. The molecule has 5 rings (SSSR count). The number of rotatable bonds is 19. The van der Waals surface area contributed by atoms with E-state index >= 15 is 0 Å². The number of benzene rings is 1. The maximum atomic E-state index is 12.4. The molecule has 0 bridgehead atoms. The van der Waals surface area contributed by atoms with Crippen LogP contribution in [-0.4, -0.2) is 85.5 Å². The second-order valence-electron chi connectivity index (χ2n) is 15.5. The summed E-state index contributed by atoms with van der Waals surface area (Å²) in [5, 5.41) is 0.497. The highest BCUT2D eigenvalue weighted by Gasteiger charge is 2.44. The number of aryl methyl sites for hydroxylation is 1. The maximum absolute atomic E-state index is 12.4. The first-order chi connectivity index (χ1) is 27.9. The van der Waals surface area contributed by atoms with E-state index in [1.165, 1.54) is 18.2 Å². The normalized spacial score (nSPS) is 19.9. The second-order valence-corrected chi connectivity index (χ2v) is 21.0. The average Bonchev–Trinajstić information content (AvgIpc) is 3.67. The van der Waals surface area contributed by atoms with Crippen molar-refractivity contribution in [2.24, 2.45) is 4.99 Å². The molecule has 3 aliphatic rings. The number of aromatic nitrogens is 1. The van der Waals surface area contributed by atoms with E-state index in [-0.39, 0.29) is 43.5 Å². The Kier molecular flexibility index (Phi) is 14.4. The molecule has 3 N–H and O–H groups in total. The predicted octanol–water partition coefficient (Wildman–Crippen LogP) is 5.23. The molecule has 326 valence electrons. The average molecular weight is 957 g/mol. The lowest BCUT2D eigenvalue weighted by molar-refractivity contribution is -0.684. The number of carbonyl (C=O) groups excluding carboxylic acids is 3. The number of halogens is 1. The first-order valence-corrected chi connectivity index (χ1v) is 24.6. The largest absolute Gasteiger partial charge is 0.344 e. The molecule has 0 spiro atoms. The van der Waals surface area contributed by atoms with Crippen molar-refractivity contribution in [3.05, 3.63) is 82.1 Å². The fourth-order valence-corrected chi connectivity index (χ4v) is 9.57. The number of nitrogens with zero attached hydrogens (tertiary/aromatic N) is 4. The third-order valence-electron chi connectivity index (χ3n) is 10.7. The van der Waals surface area contributed by atoms with E-state index < -0.39 is 70.5 Å². The fraction of sp³-hybridized carbons (Fsp3) is 0.462. The lowest BCUT2D eigenvalue weighted by Gasteiger charge is -2.30. The van der Waals surface area contributed by atoms with Crippen LogP contribution in [0.2, 0.25) is 0 Å². The van der Waals surface area contributed by atoms with E-state index in [0.717, 1.165) is 15.7 Å². The van der Waals surface area contributed by atoms with Crippen molar-refractivity contribution in [3.8, 4) is 0 Å². The number of carbonyl (C=O) groups is 3. The van der Waals surface area contributed by atoms with Crippen LogP contribution in [0.15, 0.2) is 80.9 Å². The molecule has 0 aliphatic carbocycles. The van der Waals surface area contributed by atoms with Crippen molar-refractivity contribution in [1.29, 1.82) is 0 Å². The standard InChI is InChI=1S/C39H47BrN4O13S3/c1-38(2)30-24-27(40)26-42(20-10-22-58(48,49)50)37(30)41-32(38)12-6-4-7-13-33-39(3,19-9-5-8-14-36(47)57-44-34(45)17-18-35(44)46)29-25-28(60(54,55)56)15-16-31(29)43(33)21-11-23-59(51,52)53/h4,6-7,12-13,15-16,24-26H,5,8-11,14,17-23H2,1-3H3,(H2-,48,49,50,51,52,53,54,55,56)/p+1. The molecular formula is C39H48BrN4O13S3+. The van der Waals surface area contributed by atoms with Gasteiger partial charge in [0.15, 0.2) is 5.71 Å². The van der Waals surface area contributed by atoms with Gasteiger partial charge in [0.1, 0.15) is 6.20 Å². The van der Waals surface area contributed by atoms with Crippen LogP contribution in [0.1, 0.15) is 89.7 Å². The number of amides is 2. The van der Waals surface area contributed by atoms with Gasteiger partial charge in [-0.15, -0.1) is 5.06 Å². The SMILES string of the molecule is CC1(C)C(/C=C/C=C\C=C2/N(CCCS(=O)(=O)O)c3ccc(S(=O)(=O)O)cc3C2(C)CCCCCC(=O)ON2C(=O)CCC2=O)=Nc2c1cc(Br)c[n+]2CCCS(=O)(=O)O. The van der Waals surface area contributed by atoms with Crippen LogP contribution in [-0.2, 0) is 67.0 Å². The molecule has 0 saturated carbocycles. The molecule has 1 atom stereocenters. The van der Waals surface area contributed by atoms with Crippen molar-refractivity contribution >= 4 is 81.3 Å². The van der Waals surface area contributed by atoms with Gasteiger partial charge < -0.3 is 9.74 Å². The van der Waals surface area contributed by atoms with Gasteiger partial charge in [0, 0.05) is 49.0 Å². The molecule has 1 saturated heterocycles. The van der Waals surface area contributed by atoms with Crippen LogP contribution in [0.25, 0.3) is 0 Å². The van der Waals surface area contributed by atoms with Crippen LogP contribution in [0, 0.1) is 0 Å². The highest BCUT2D eigenvalue weighted by molar-refractivity contribution is 9.10. The number of hydrogen-bond acceptors (Lipinski definition) is 12. The van der Waals surface area contributed by atoms with Gasteiger partial charge in [-0.05, 0) is 103 Å². The summed E-state index contributed by atoms with van der Waals surface area (Å²) < 4.78 is 102. The number of unbranched alkanes of at least 4 members (excludes halogenated alkanes) is 2. The van der Waals surface area contributed by atoms with E-state index in [1.807, 2.05) is 48.5 Å². The molecule has 4 heterocycles. The second kappa shape index (κ2) is 18.5. The van der Waals surface area contributed by atoms with Crippen LogP contribution in [0.4, 0.5) is 11.5 Å². The Hall–Kier alpha value is -4.12. The van der Waals surface area contributed by atoms with Gasteiger partial charge in [-0.25, -0.2) is 9.36 Å². The van der Waals surface area contributed by atoms with Crippen molar-refractivity contribution in [1.82, 2.24) is 5.06 Å². The minimum atomic E-state index is -4.61. The molecule has 0 radical (unpaired) electrons. The first-order valence-electron chi connectivity index (χ1n) is 19.2. The maximum Gasteiger partial charge on any atom is 0.333 e. The van der Waals surface area contributed by atoms with E-state index in [9.17, 15) is 53.3 Å². The van der Waals surface area contributed by atoms with Gasteiger partial charge in [-0.2, -0.15) is 25.3 Å². The van der Waals surface area contributed by atoms with Gasteiger partial charge in [0.25, 0.3) is 42.2 Å². The zero-order valence-corrected chi connectivity index (χ0v) is 37.3. The molecule has 1 aromatic heterocycles. The quantitative estimate of drug-likeness (QED) is 0.0537. The van der Waals surface area contributed by atoms with Crippen molar-refractivity contribution in [2.45, 2.75) is 101 Å². The van der Waals surface area contributed by atoms with Crippen LogP contribution in [0.5, 0.6) is 0 Å². The van der Waals surface area contributed by atoms with Gasteiger partial charge in [0.05, 0.1) is 38.4 Å². The van der Waals surface area contributed by atoms with E-state index in [0.29, 0.717) is 60.1 Å². The van der Waals surface area contributed by atoms with Crippen molar-refractivity contribution in [2.75, 3.05) is 23.0 Å². The summed E-state index contributed by atoms with van der Waals surface area (Å²) in [6.07, 6.45) is 12.7. The highest BCUT2D eigenvalue weighted by atomic mass is 79.9. The molecule has 1 unspecified atom stereocenters. The highest BCUT2D eigenvalue weighted by Crippen LogP contribution is 2.51. The van der Waals surface area contributed by atoms with Gasteiger partial charge in [0.2, 0.25) is 0 Å². The lowest BCUT2D eigenvalue weighted by atomic mass is 9.77. The van der Waals surface area contributed by atoms with Gasteiger partial charge in [-0.1, -0.05) is 31.1 Å². The molecule has 60 heavy (non-hydrogen) atoms. The summed E-state index contributed by atoms with van der Waals surface area (Å²) in [6.45, 7) is 6.34. The van der Waals surface area contributed by atoms with Gasteiger partial charge in [-0.3, -0.25) is 23.2 Å². The van der Waals surface area contributed by atoms with Gasteiger partial charge >= 0.3 is 11.8 Å². The first kappa shape index (κ1) is 46.9. The summed E-state index contributed by atoms with van der Waals surface area (Å²) >= 11 is 3.53. The summed E-state index contributed by atoms with van der Waals surface area (Å²) in [7, 11) is -13.0. The molecule has 17 nitrogen and oxygen atoms in total. The van der Waals surface area contributed by atoms with E-state index in [4.69, 9.17) is 9.83 Å². The number of anilines is 1. The summed E-state index contributed by atoms with van der Waals surface area (Å²) in [6, 6.07) is 6.13. The summed E-state index contributed by atoms with van der Waals surface area (Å²) in [5.74, 6) is -2.14. The molecule has 1 fully saturated rings. The Balaban J connectivity index is 1.41. The number of fused-ring (bicyclic) bond motifs is 2. The Morgan fingerprint density at radius 2 is 1.55 bits per heavy atom. The van der Waals surface area contributed by atoms with Crippen molar-refractivity contribution in [3.63, 3.8) is 0 Å². The molecule has 2 amide bonds. The summed E-state index contributed by atoms with van der Waals surface area (Å²) in [5.41, 5.74) is 2.02. The Labute approximate surface area is 358 Å². The summed E-state index contributed by atoms with van der Waals surface area (Å²) in [4.78, 5) is 47.4. The molecule has 3 aliphatic heterocycles. The Morgan fingerprint density at radius 1 is 0.883 bits per heavy atom. The number of hydroxylamine groups is 2. The fourth-order valence-electron chi connectivity index (χ4n) is 7.60. The zero-order valence-electron chi connectivity index (χ0n) is 33.3. The topological polar surface area (TPSA) is 246 Å². The number of aliphatic imine (C=N–C) groups is 1. The van der Waals surface area contributed by atoms with Crippen LogP contribution >= 0.6 is 15.9 Å². The van der Waals surface area contributed by atoms with E-state index in [1.54, 1.807) is 24.4 Å². The van der Waals surface area contributed by atoms with Crippen LogP contribution in [0.3, 0.4) is 0 Å². The predicted molar refractivity (Wildman–Crippen MR) is 224 cm³/mol. The smallest absolute Gasteiger partial charge is 0.333 e. The van der Waals surface area contributed by atoms with Crippen LogP contribution < -0.4 is 9.47 Å². The minimum absolute atomic E-state index is 0.0218. The molecule has 21 heteroatoms. The third kappa shape index (κ3) is 11.4. The zero-order chi connectivity index (χ0) is 44.3. The molecule has 1 aromatic carbocycles. The Bertz CT molecular complexity index is 2500. The molecule has 2 aromatic rings.